The average Bonchev–Trinajstić information content (AvgIpc) is 3.05. The first kappa shape index (κ1) is 24.1. The highest BCUT2D eigenvalue weighted by Crippen LogP contribution is 2.37. The first-order valence-electron chi connectivity index (χ1n) is 10.7. The van der Waals surface area contributed by atoms with Crippen molar-refractivity contribution in [1.82, 2.24) is 4.90 Å². The molecule has 0 radical (unpaired) electrons. The fourth-order valence-electron chi connectivity index (χ4n) is 3.20. The van der Waals surface area contributed by atoms with E-state index in [1.165, 1.54) is 22.2 Å². The predicted molar refractivity (Wildman–Crippen MR) is 135 cm³/mol. The topological polar surface area (TPSA) is 48.0 Å². The predicted octanol–water partition coefficient (Wildman–Crippen LogP) is 5.89. The quantitative estimate of drug-likeness (QED) is 0.245. The second kappa shape index (κ2) is 11.4. The zero-order valence-corrected chi connectivity index (χ0v) is 20.6. The third kappa shape index (κ3) is 5.84. The number of thiocarbonyl (C=S) groups is 1. The van der Waals surface area contributed by atoms with Crippen molar-refractivity contribution < 1.29 is 19.0 Å². The maximum Gasteiger partial charge on any atom is 0.265 e. The second-order valence-electron chi connectivity index (χ2n) is 7.55. The smallest absolute Gasteiger partial charge is 0.265 e. The molecule has 1 aliphatic heterocycles. The Morgan fingerprint density at radius 1 is 1.12 bits per heavy atom. The van der Waals surface area contributed by atoms with Gasteiger partial charge in [-0.05, 0) is 42.2 Å². The standard InChI is InChI=1S/C25H29NO4S2/c1-5-17(2)18-10-12-20(13-11-18)29-14-7-15-30-23-19(8-6-9-21(23)28-4)16-22-24(27)26(3)25(31)32-22/h6,8-13,16-17H,5,7,14-15H2,1-4H3/b22-16+. The molecular weight excluding hydrogens is 442 g/mol. The minimum absolute atomic E-state index is 0.110. The van der Waals surface area contributed by atoms with E-state index in [2.05, 4.69) is 26.0 Å². The average molecular weight is 472 g/mol. The summed E-state index contributed by atoms with van der Waals surface area (Å²) in [5.41, 5.74) is 2.10. The molecule has 1 aliphatic rings. The molecule has 2 aromatic carbocycles. The van der Waals surface area contributed by atoms with Crippen molar-refractivity contribution in [2.24, 2.45) is 0 Å². The number of thioether (sulfide) groups is 1. The highest BCUT2D eigenvalue weighted by Gasteiger charge is 2.29. The van der Waals surface area contributed by atoms with Crippen LogP contribution in [0.5, 0.6) is 17.2 Å². The molecule has 1 saturated heterocycles. The zero-order valence-electron chi connectivity index (χ0n) is 18.9. The molecule has 3 rings (SSSR count). The second-order valence-corrected chi connectivity index (χ2v) is 9.22. The Bertz CT molecular complexity index is 988. The van der Waals surface area contributed by atoms with Crippen molar-refractivity contribution in [2.75, 3.05) is 27.4 Å². The molecule has 170 valence electrons. The van der Waals surface area contributed by atoms with Crippen molar-refractivity contribution in [1.29, 1.82) is 0 Å². The third-order valence-corrected chi connectivity index (χ3v) is 6.85. The number of carbonyl (C=O) groups excluding carboxylic acids is 1. The van der Waals surface area contributed by atoms with Crippen molar-refractivity contribution in [3.63, 3.8) is 0 Å². The van der Waals surface area contributed by atoms with Crippen LogP contribution >= 0.6 is 24.0 Å². The van der Waals surface area contributed by atoms with Gasteiger partial charge in [0.15, 0.2) is 11.5 Å². The minimum Gasteiger partial charge on any atom is -0.493 e. The molecule has 0 spiro atoms. The van der Waals surface area contributed by atoms with Gasteiger partial charge in [-0.2, -0.15) is 0 Å². The molecule has 5 nitrogen and oxygen atoms in total. The Balaban J connectivity index is 1.59. The summed E-state index contributed by atoms with van der Waals surface area (Å²) >= 11 is 6.50. The first-order chi connectivity index (χ1) is 15.4. The third-order valence-electron chi connectivity index (χ3n) is 5.37. The van der Waals surface area contributed by atoms with E-state index in [0.717, 1.165) is 17.7 Å². The molecule has 32 heavy (non-hydrogen) atoms. The van der Waals surface area contributed by atoms with Crippen LogP contribution in [0.4, 0.5) is 0 Å². The summed E-state index contributed by atoms with van der Waals surface area (Å²) in [5, 5.41) is 0. The van der Waals surface area contributed by atoms with Gasteiger partial charge in [0, 0.05) is 19.0 Å². The lowest BCUT2D eigenvalue weighted by Crippen LogP contribution is -2.22. The number of amides is 1. The summed E-state index contributed by atoms with van der Waals surface area (Å²) in [5.74, 6) is 2.52. The van der Waals surface area contributed by atoms with Crippen LogP contribution in [0.1, 0.15) is 43.7 Å². The van der Waals surface area contributed by atoms with Crippen LogP contribution in [0.3, 0.4) is 0 Å². The number of likely N-dealkylation sites (N-methyl/N-ethyl adjacent to an activating group) is 1. The Kier molecular flexibility index (Phi) is 8.59. The summed E-state index contributed by atoms with van der Waals surface area (Å²) in [4.78, 5) is 14.4. The van der Waals surface area contributed by atoms with E-state index in [9.17, 15) is 4.79 Å². The monoisotopic (exact) mass is 471 g/mol. The first-order valence-corrected chi connectivity index (χ1v) is 11.9. The van der Waals surface area contributed by atoms with Crippen LogP contribution in [0.2, 0.25) is 0 Å². The maximum absolute atomic E-state index is 12.4. The van der Waals surface area contributed by atoms with Crippen molar-refractivity contribution in [3.05, 3.63) is 58.5 Å². The number of hydrogen-bond donors (Lipinski definition) is 0. The summed E-state index contributed by atoms with van der Waals surface area (Å²) < 4.78 is 17.9. The molecular formula is C25H29NO4S2. The minimum atomic E-state index is -0.110. The highest BCUT2D eigenvalue weighted by molar-refractivity contribution is 8.26. The summed E-state index contributed by atoms with van der Waals surface area (Å²) in [6.07, 6.45) is 3.63. The molecule has 2 aromatic rings. The number of carbonyl (C=O) groups is 1. The Morgan fingerprint density at radius 2 is 1.84 bits per heavy atom. The maximum atomic E-state index is 12.4. The molecule has 1 heterocycles. The number of para-hydroxylation sites is 1. The molecule has 1 fully saturated rings. The summed E-state index contributed by atoms with van der Waals surface area (Å²) in [6, 6.07) is 13.9. The van der Waals surface area contributed by atoms with Gasteiger partial charge in [-0.15, -0.1) is 0 Å². The van der Waals surface area contributed by atoms with E-state index in [0.29, 0.717) is 46.3 Å². The highest BCUT2D eigenvalue weighted by atomic mass is 32.2. The molecule has 0 aliphatic carbocycles. The van der Waals surface area contributed by atoms with Gasteiger partial charge in [0.2, 0.25) is 0 Å². The molecule has 1 atom stereocenters. The zero-order chi connectivity index (χ0) is 23.1. The van der Waals surface area contributed by atoms with Crippen LogP contribution in [0.15, 0.2) is 47.4 Å². The van der Waals surface area contributed by atoms with Crippen LogP contribution in [0.25, 0.3) is 6.08 Å². The van der Waals surface area contributed by atoms with Gasteiger partial charge >= 0.3 is 0 Å². The van der Waals surface area contributed by atoms with Gasteiger partial charge in [0.1, 0.15) is 10.1 Å². The van der Waals surface area contributed by atoms with E-state index >= 15 is 0 Å². The summed E-state index contributed by atoms with van der Waals surface area (Å²) in [7, 11) is 3.28. The molecule has 0 aromatic heterocycles. The van der Waals surface area contributed by atoms with Gasteiger partial charge < -0.3 is 14.2 Å². The summed E-state index contributed by atoms with van der Waals surface area (Å²) in [6.45, 7) is 5.42. The molecule has 1 unspecified atom stereocenters. The molecule has 7 heteroatoms. The molecule has 0 N–H and O–H groups in total. The lowest BCUT2D eigenvalue weighted by atomic mass is 9.99. The van der Waals surface area contributed by atoms with Gasteiger partial charge in [-0.1, -0.05) is 62.1 Å². The number of ether oxygens (including phenoxy) is 3. The Hall–Kier alpha value is -2.51. The SMILES string of the molecule is CCC(C)c1ccc(OCCCOc2c(/C=C3/SC(=S)N(C)C3=O)cccc2OC)cc1. The molecule has 1 amide bonds. The van der Waals surface area contributed by atoms with Crippen molar-refractivity contribution in [2.45, 2.75) is 32.6 Å². The van der Waals surface area contributed by atoms with Gasteiger partial charge in [-0.3, -0.25) is 9.69 Å². The van der Waals surface area contributed by atoms with E-state index < -0.39 is 0 Å². The van der Waals surface area contributed by atoms with Crippen molar-refractivity contribution >= 4 is 40.3 Å². The number of benzene rings is 2. The van der Waals surface area contributed by atoms with Crippen molar-refractivity contribution in [3.8, 4) is 17.2 Å². The Labute approximate surface area is 199 Å². The van der Waals surface area contributed by atoms with Crippen LogP contribution in [-0.2, 0) is 4.79 Å². The van der Waals surface area contributed by atoms with E-state index in [4.69, 9.17) is 26.4 Å². The number of nitrogens with zero attached hydrogens (tertiary/aromatic N) is 1. The van der Waals surface area contributed by atoms with Crippen LogP contribution in [-0.4, -0.2) is 42.5 Å². The fraction of sp³-hybridized carbons (Fsp3) is 0.360. The lowest BCUT2D eigenvalue weighted by molar-refractivity contribution is -0.121. The van der Waals surface area contributed by atoms with Gasteiger partial charge in [0.05, 0.1) is 25.2 Å². The normalized spacial score (nSPS) is 15.9. The largest absolute Gasteiger partial charge is 0.493 e. The number of hydrogen-bond acceptors (Lipinski definition) is 6. The molecule has 0 bridgehead atoms. The van der Waals surface area contributed by atoms with Gasteiger partial charge in [0.25, 0.3) is 5.91 Å². The van der Waals surface area contributed by atoms with E-state index in [1.54, 1.807) is 20.2 Å². The van der Waals surface area contributed by atoms with Crippen LogP contribution < -0.4 is 14.2 Å². The Morgan fingerprint density at radius 3 is 2.47 bits per heavy atom. The fourth-order valence-corrected chi connectivity index (χ4v) is 4.37. The van der Waals surface area contributed by atoms with Crippen LogP contribution in [0, 0.1) is 0 Å². The number of methoxy groups -OCH3 is 1. The number of rotatable bonds is 10. The van der Waals surface area contributed by atoms with E-state index in [1.807, 2.05) is 30.3 Å². The van der Waals surface area contributed by atoms with Gasteiger partial charge in [-0.25, -0.2) is 0 Å². The van der Waals surface area contributed by atoms with E-state index in [-0.39, 0.29) is 5.91 Å². The lowest BCUT2D eigenvalue weighted by Gasteiger charge is -2.14. The molecule has 0 saturated carbocycles.